The van der Waals surface area contributed by atoms with Crippen LogP contribution in [-0.4, -0.2) is 20.2 Å². The number of tetrazole rings is 1. The van der Waals surface area contributed by atoms with Crippen LogP contribution < -0.4 is 0 Å². The lowest BCUT2D eigenvalue weighted by molar-refractivity contribution is 0.636. The molecule has 0 radical (unpaired) electrons. The summed E-state index contributed by atoms with van der Waals surface area (Å²) in [5.74, 6) is 1.53. The predicted molar refractivity (Wildman–Crippen MR) is 77.5 cm³/mol. The van der Waals surface area contributed by atoms with Crippen molar-refractivity contribution in [2.24, 2.45) is 0 Å². The fourth-order valence-corrected chi connectivity index (χ4v) is 3.09. The molecule has 4 nitrogen and oxygen atoms in total. The second-order valence-corrected chi connectivity index (χ2v) is 6.12. The molecule has 1 saturated carbocycles. The molecule has 1 heterocycles. The van der Waals surface area contributed by atoms with Gasteiger partial charge in [0.1, 0.15) is 0 Å². The third-order valence-corrected chi connectivity index (χ3v) is 5.13. The molecule has 1 aromatic heterocycles. The lowest BCUT2D eigenvalue weighted by Crippen LogP contribution is -2.07. The van der Waals surface area contributed by atoms with Crippen LogP contribution in [0.3, 0.4) is 0 Å². The number of halogens is 1. The maximum absolute atomic E-state index is 4.25. The zero-order valence-corrected chi connectivity index (χ0v) is 12.8. The molecule has 1 fully saturated rings. The second kappa shape index (κ2) is 5.04. The lowest BCUT2D eigenvalue weighted by Gasteiger charge is -2.12. The first-order valence-corrected chi connectivity index (χ1v) is 7.51. The quantitative estimate of drug-likeness (QED) is 0.847. The minimum Gasteiger partial charge on any atom is -0.197 e. The molecule has 19 heavy (non-hydrogen) atoms. The summed E-state index contributed by atoms with van der Waals surface area (Å²) in [4.78, 5) is 0. The Bertz CT molecular complexity index is 576. The van der Waals surface area contributed by atoms with Crippen LogP contribution in [0.2, 0.25) is 0 Å². The Hall–Kier alpha value is -1.23. The molecule has 0 saturated heterocycles. The van der Waals surface area contributed by atoms with E-state index in [1.165, 1.54) is 36.8 Å². The summed E-state index contributed by atoms with van der Waals surface area (Å²) in [5, 5.41) is 12.3. The highest BCUT2D eigenvalue weighted by atomic mass is 79.9. The van der Waals surface area contributed by atoms with Crippen molar-refractivity contribution in [3.8, 4) is 5.69 Å². The van der Waals surface area contributed by atoms with E-state index in [4.69, 9.17) is 0 Å². The summed E-state index contributed by atoms with van der Waals surface area (Å²) in [6.45, 7) is 4.19. The van der Waals surface area contributed by atoms with Crippen LogP contribution in [0, 0.1) is 13.8 Å². The average Bonchev–Trinajstić information content (AvgIpc) is 3.04. The van der Waals surface area contributed by atoms with Gasteiger partial charge in [-0.15, -0.1) is 5.10 Å². The number of aromatic nitrogens is 4. The fourth-order valence-electron chi connectivity index (χ4n) is 2.86. The molecule has 100 valence electrons. The van der Waals surface area contributed by atoms with Crippen LogP contribution in [0.25, 0.3) is 5.69 Å². The predicted octanol–water partition coefficient (Wildman–Crippen LogP) is 3.70. The van der Waals surface area contributed by atoms with E-state index < -0.39 is 0 Å². The van der Waals surface area contributed by atoms with Crippen molar-refractivity contribution in [1.82, 2.24) is 20.2 Å². The first-order valence-electron chi connectivity index (χ1n) is 6.72. The Morgan fingerprint density at radius 2 is 1.79 bits per heavy atom. The van der Waals surface area contributed by atoms with Crippen LogP contribution in [0.15, 0.2) is 16.6 Å². The van der Waals surface area contributed by atoms with Crippen molar-refractivity contribution < 1.29 is 0 Å². The highest BCUT2D eigenvalue weighted by Gasteiger charge is 2.23. The largest absolute Gasteiger partial charge is 0.197 e. The first kappa shape index (κ1) is 12.8. The molecule has 2 aromatic rings. The number of rotatable bonds is 2. The highest BCUT2D eigenvalue weighted by molar-refractivity contribution is 9.10. The Labute approximate surface area is 121 Å². The zero-order chi connectivity index (χ0) is 13.4. The molecular weight excluding hydrogens is 304 g/mol. The molecular formula is C14H17BrN4. The van der Waals surface area contributed by atoms with E-state index in [9.17, 15) is 0 Å². The summed E-state index contributed by atoms with van der Waals surface area (Å²) in [5.41, 5.74) is 3.48. The van der Waals surface area contributed by atoms with Gasteiger partial charge in [0.25, 0.3) is 0 Å². The molecule has 1 aliphatic rings. The number of benzene rings is 1. The van der Waals surface area contributed by atoms with Gasteiger partial charge in [-0.25, -0.2) is 0 Å². The Kier molecular flexibility index (Phi) is 3.39. The monoisotopic (exact) mass is 320 g/mol. The highest BCUT2D eigenvalue weighted by Crippen LogP contribution is 2.34. The van der Waals surface area contributed by atoms with E-state index in [2.05, 4.69) is 57.4 Å². The smallest absolute Gasteiger partial charge is 0.159 e. The van der Waals surface area contributed by atoms with E-state index in [-0.39, 0.29) is 0 Å². The van der Waals surface area contributed by atoms with Crippen molar-refractivity contribution in [3.05, 3.63) is 33.6 Å². The number of aryl methyl sites for hydroxylation is 2. The van der Waals surface area contributed by atoms with Crippen molar-refractivity contribution in [2.75, 3.05) is 0 Å². The van der Waals surface area contributed by atoms with Crippen molar-refractivity contribution in [1.29, 1.82) is 0 Å². The maximum atomic E-state index is 4.25. The SMILES string of the molecule is Cc1cc(-n2nnnc2C2CCCC2)cc(C)c1Br. The number of nitrogens with zero attached hydrogens (tertiary/aromatic N) is 4. The van der Waals surface area contributed by atoms with E-state index in [0.717, 1.165) is 16.0 Å². The molecule has 0 N–H and O–H groups in total. The van der Waals surface area contributed by atoms with Gasteiger partial charge in [0.15, 0.2) is 5.82 Å². The van der Waals surface area contributed by atoms with Gasteiger partial charge in [-0.1, -0.05) is 28.8 Å². The van der Waals surface area contributed by atoms with Crippen molar-refractivity contribution >= 4 is 15.9 Å². The molecule has 1 aliphatic carbocycles. The lowest BCUT2D eigenvalue weighted by atomic mass is 10.1. The molecule has 3 rings (SSSR count). The molecule has 1 aromatic carbocycles. The Morgan fingerprint density at radius 1 is 1.16 bits per heavy atom. The number of hydrogen-bond donors (Lipinski definition) is 0. The minimum absolute atomic E-state index is 0.513. The van der Waals surface area contributed by atoms with Gasteiger partial charge in [0.05, 0.1) is 5.69 Å². The van der Waals surface area contributed by atoms with Gasteiger partial charge in [-0.2, -0.15) is 4.68 Å². The third-order valence-electron chi connectivity index (χ3n) is 3.88. The second-order valence-electron chi connectivity index (χ2n) is 5.32. The molecule has 0 spiro atoms. The fraction of sp³-hybridized carbons (Fsp3) is 0.500. The Morgan fingerprint density at radius 3 is 2.42 bits per heavy atom. The molecule has 5 heteroatoms. The summed E-state index contributed by atoms with van der Waals surface area (Å²) in [6.07, 6.45) is 4.98. The van der Waals surface area contributed by atoms with Gasteiger partial charge in [0, 0.05) is 10.4 Å². The van der Waals surface area contributed by atoms with Crippen LogP contribution >= 0.6 is 15.9 Å². The van der Waals surface area contributed by atoms with Crippen LogP contribution in [0.5, 0.6) is 0 Å². The van der Waals surface area contributed by atoms with Gasteiger partial charge < -0.3 is 0 Å². The molecule has 0 bridgehead atoms. The average molecular weight is 321 g/mol. The minimum atomic E-state index is 0.513. The Balaban J connectivity index is 2.05. The summed E-state index contributed by atoms with van der Waals surface area (Å²) < 4.78 is 3.06. The standard InChI is InChI=1S/C14H17BrN4/c1-9-7-12(8-10(2)13(9)15)19-14(16-17-18-19)11-5-3-4-6-11/h7-8,11H,3-6H2,1-2H3. The maximum Gasteiger partial charge on any atom is 0.159 e. The summed E-state index contributed by atoms with van der Waals surface area (Å²) in [7, 11) is 0. The van der Waals surface area contributed by atoms with Crippen LogP contribution in [0.1, 0.15) is 48.6 Å². The third kappa shape index (κ3) is 2.31. The normalized spacial score (nSPS) is 16.2. The number of hydrogen-bond acceptors (Lipinski definition) is 3. The molecule has 0 atom stereocenters. The van der Waals surface area contributed by atoms with E-state index in [1.807, 2.05) is 4.68 Å². The van der Waals surface area contributed by atoms with Crippen molar-refractivity contribution in [3.63, 3.8) is 0 Å². The zero-order valence-electron chi connectivity index (χ0n) is 11.2. The van der Waals surface area contributed by atoms with Gasteiger partial charge in [0.2, 0.25) is 0 Å². The van der Waals surface area contributed by atoms with Gasteiger partial charge in [-0.05, 0) is 60.4 Å². The van der Waals surface area contributed by atoms with Gasteiger partial charge in [-0.3, -0.25) is 0 Å². The summed E-state index contributed by atoms with van der Waals surface area (Å²) in [6, 6.07) is 4.26. The summed E-state index contributed by atoms with van der Waals surface area (Å²) >= 11 is 3.60. The van der Waals surface area contributed by atoms with E-state index >= 15 is 0 Å². The van der Waals surface area contributed by atoms with E-state index in [0.29, 0.717) is 5.92 Å². The van der Waals surface area contributed by atoms with Crippen LogP contribution in [-0.2, 0) is 0 Å². The van der Waals surface area contributed by atoms with Crippen LogP contribution in [0.4, 0.5) is 0 Å². The van der Waals surface area contributed by atoms with E-state index in [1.54, 1.807) is 0 Å². The van der Waals surface area contributed by atoms with Gasteiger partial charge >= 0.3 is 0 Å². The topological polar surface area (TPSA) is 43.6 Å². The molecule has 0 unspecified atom stereocenters. The molecule has 0 amide bonds. The first-order chi connectivity index (χ1) is 9.16. The van der Waals surface area contributed by atoms with Crippen molar-refractivity contribution in [2.45, 2.75) is 45.4 Å². The molecule has 0 aliphatic heterocycles.